The number of carbonyl (C=O) groups excluding carboxylic acids is 1. The fourth-order valence-corrected chi connectivity index (χ4v) is 1.75. The lowest BCUT2D eigenvalue weighted by atomic mass is 10.2. The van der Waals surface area contributed by atoms with Crippen molar-refractivity contribution in [3.05, 3.63) is 0 Å². The molecule has 1 rings (SSSR count). The minimum atomic E-state index is -0.199. The van der Waals surface area contributed by atoms with Crippen LogP contribution in [-0.4, -0.2) is 42.7 Å². The third-order valence-corrected chi connectivity index (χ3v) is 2.64. The summed E-state index contributed by atoms with van der Waals surface area (Å²) in [5.74, 6) is -0.199. The summed E-state index contributed by atoms with van der Waals surface area (Å²) in [5.41, 5.74) is 0. The van der Waals surface area contributed by atoms with E-state index in [2.05, 4.69) is 5.32 Å². The number of ether oxygens (including phenoxy) is 1. The maximum Gasteiger partial charge on any atom is 0.328 e. The minimum absolute atomic E-state index is 0.190. The van der Waals surface area contributed by atoms with Gasteiger partial charge in [0.25, 0.3) is 0 Å². The summed E-state index contributed by atoms with van der Waals surface area (Å²) in [5, 5.41) is 3.48. The lowest BCUT2D eigenvalue weighted by molar-refractivity contribution is -0.144. The summed E-state index contributed by atoms with van der Waals surface area (Å²) in [6, 6.07) is -0.190. The van der Waals surface area contributed by atoms with Crippen LogP contribution in [0.1, 0.15) is 12.8 Å². The van der Waals surface area contributed by atoms with Gasteiger partial charge < -0.3 is 15.0 Å². The fraction of sp³-hybridized carbons (Fsp3) is 0.750. The number of carbonyl (C=O) groups is 1. The number of thiocarbonyl (C=S) groups is 1. The number of nitrogens with one attached hydrogen (secondary N) is 1. The SMILES string of the molecule is CNC(=S)N1CCCC1C(=O)OC. The molecule has 0 spiro atoms. The highest BCUT2D eigenvalue weighted by molar-refractivity contribution is 7.80. The quantitative estimate of drug-likeness (QED) is 0.483. The van der Waals surface area contributed by atoms with E-state index in [1.807, 2.05) is 4.90 Å². The maximum atomic E-state index is 11.3. The number of hydrogen-bond acceptors (Lipinski definition) is 3. The highest BCUT2D eigenvalue weighted by Crippen LogP contribution is 2.18. The van der Waals surface area contributed by atoms with Crippen LogP contribution in [0.25, 0.3) is 0 Å². The summed E-state index contributed by atoms with van der Waals surface area (Å²) in [4.78, 5) is 13.2. The second-order valence-corrected chi connectivity index (χ2v) is 3.32. The summed E-state index contributed by atoms with van der Waals surface area (Å²) < 4.78 is 4.69. The highest BCUT2D eigenvalue weighted by Gasteiger charge is 2.32. The molecular formula is C8H14N2O2S. The summed E-state index contributed by atoms with van der Waals surface area (Å²) in [6.45, 7) is 0.833. The van der Waals surface area contributed by atoms with E-state index in [0.717, 1.165) is 19.4 Å². The molecule has 1 aliphatic rings. The lowest BCUT2D eigenvalue weighted by Crippen LogP contribution is -2.45. The van der Waals surface area contributed by atoms with Gasteiger partial charge in [0.15, 0.2) is 5.11 Å². The molecule has 5 heteroatoms. The second-order valence-electron chi connectivity index (χ2n) is 2.93. The van der Waals surface area contributed by atoms with Crippen LogP contribution < -0.4 is 5.32 Å². The Labute approximate surface area is 83.2 Å². The molecule has 1 saturated heterocycles. The molecule has 0 radical (unpaired) electrons. The molecule has 1 fully saturated rings. The van der Waals surface area contributed by atoms with Crippen LogP contribution in [0.15, 0.2) is 0 Å². The van der Waals surface area contributed by atoms with Crippen LogP contribution in [0, 0.1) is 0 Å². The zero-order valence-electron chi connectivity index (χ0n) is 7.87. The van der Waals surface area contributed by atoms with Crippen molar-refractivity contribution in [2.24, 2.45) is 0 Å². The number of nitrogens with zero attached hydrogens (tertiary/aromatic N) is 1. The van der Waals surface area contributed by atoms with Crippen LogP contribution in [0.3, 0.4) is 0 Å². The first-order chi connectivity index (χ1) is 6.20. The smallest absolute Gasteiger partial charge is 0.328 e. The Morgan fingerprint density at radius 2 is 2.38 bits per heavy atom. The first-order valence-electron chi connectivity index (χ1n) is 4.27. The molecule has 0 saturated carbocycles. The van der Waals surface area contributed by atoms with Gasteiger partial charge >= 0.3 is 5.97 Å². The first-order valence-corrected chi connectivity index (χ1v) is 4.67. The monoisotopic (exact) mass is 202 g/mol. The van der Waals surface area contributed by atoms with Gasteiger partial charge in [-0.05, 0) is 25.1 Å². The van der Waals surface area contributed by atoms with Gasteiger partial charge in [-0.1, -0.05) is 0 Å². The molecule has 1 atom stereocenters. The van der Waals surface area contributed by atoms with Crippen LogP contribution in [0.5, 0.6) is 0 Å². The third kappa shape index (κ3) is 2.09. The van der Waals surface area contributed by atoms with Crippen molar-refractivity contribution in [2.45, 2.75) is 18.9 Å². The van der Waals surface area contributed by atoms with E-state index in [-0.39, 0.29) is 12.0 Å². The molecular weight excluding hydrogens is 188 g/mol. The molecule has 0 aromatic heterocycles. The molecule has 1 N–H and O–H groups in total. The lowest BCUT2D eigenvalue weighted by Gasteiger charge is -2.24. The van der Waals surface area contributed by atoms with Crippen molar-refractivity contribution < 1.29 is 9.53 Å². The van der Waals surface area contributed by atoms with E-state index in [1.54, 1.807) is 7.05 Å². The van der Waals surface area contributed by atoms with Crippen molar-refractivity contribution in [3.63, 3.8) is 0 Å². The average molecular weight is 202 g/mol. The van der Waals surface area contributed by atoms with Crippen molar-refractivity contribution in [1.82, 2.24) is 10.2 Å². The van der Waals surface area contributed by atoms with E-state index in [0.29, 0.717) is 5.11 Å². The molecule has 1 unspecified atom stereocenters. The van der Waals surface area contributed by atoms with E-state index < -0.39 is 0 Å². The largest absolute Gasteiger partial charge is 0.467 e. The van der Waals surface area contributed by atoms with Gasteiger partial charge in [-0.25, -0.2) is 4.79 Å². The van der Waals surface area contributed by atoms with Crippen molar-refractivity contribution >= 4 is 23.3 Å². The molecule has 0 bridgehead atoms. The van der Waals surface area contributed by atoms with E-state index in [1.165, 1.54) is 7.11 Å². The number of methoxy groups -OCH3 is 1. The third-order valence-electron chi connectivity index (χ3n) is 2.20. The number of esters is 1. The topological polar surface area (TPSA) is 41.6 Å². The summed E-state index contributed by atoms with van der Waals surface area (Å²) in [7, 11) is 3.16. The number of rotatable bonds is 1. The number of likely N-dealkylation sites (tertiary alicyclic amines) is 1. The van der Waals surface area contributed by atoms with Gasteiger partial charge in [-0.2, -0.15) is 0 Å². The molecule has 0 aliphatic carbocycles. The minimum Gasteiger partial charge on any atom is -0.467 e. The van der Waals surface area contributed by atoms with Crippen molar-refractivity contribution in [3.8, 4) is 0 Å². The highest BCUT2D eigenvalue weighted by atomic mass is 32.1. The zero-order valence-corrected chi connectivity index (χ0v) is 8.69. The van der Waals surface area contributed by atoms with Gasteiger partial charge in [0.2, 0.25) is 0 Å². The van der Waals surface area contributed by atoms with Crippen LogP contribution in [0.2, 0.25) is 0 Å². The van der Waals surface area contributed by atoms with E-state index in [4.69, 9.17) is 17.0 Å². The van der Waals surface area contributed by atoms with Crippen LogP contribution >= 0.6 is 12.2 Å². The van der Waals surface area contributed by atoms with Crippen LogP contribution in [-0.2, 0) is 9.53 Å². The van der Waals surface area contributed by atoms with Crippen LogP contribution in [0.4, 0.5) is 0 Å². The van der Waals surface area contributed by atoms with Crippen molar-refractivity contribution in [1.29, 1.82) is 0 Å². The molecule has 13 heavy (non-hydrogen) atoms. The number of hydrogen-bond donors (Lipinski definition) is 1. The molecule has 0 amide bonds. The molecule has 0 aromatic rings. The molecule has 1 heterocycles. The summed E-state index contributed by atoms with van der Waals surface area (Å²) in [6.07, 6.45) is 1.82. The Balaban J connectivity index is 2.63. The first kappa shape index (κ1) is 10.2. The Kier molecular flexibility index (Phi) is 3.48. The Hall–Kier alpha value is -0.840. The van der Waals surface area contributed by atoms with E-state index in [9.17, 15) is 4.79 Å². The van der Waals surface area contributed by atoms with Gasteiger partial charge in [-0.15, -0.1) is 0 Å². The molecule has 4 nitrogen and oxygen atoms in total. The van der Waals surface area contributed by atoms with Gasteiger partial charge in [0, 0.05) is 13.6 Å². The van der Waals surface area contributed by atoms with Gasteiger partial charge in [0.1, 0.15) is 6.04 Å². The van der Waals surface area contributed by atoms with Gasteiger partial charge in [0.05, 0.1) is 7.11 Å². The Bertz CT molecular complexity index is 198. The predicted octanol–water partition coefficient (Wildman–Crippen LogP) is 0.128. The second kappa shape index (κ2) is 4.41. The Morgan fingerprint density at radius 1 is 1.69 bits per heavy atom. The molecule has 1 aliphatic heterocycles. The zero-order chi connectivity index (χ0) is 9.84. The molecule has 0 aromatic carbocycles. The van der Waals surface area contributed by atoms with Crippen molar-refractivity contribution in [2.75, 3.05) is 20.7 Å². The summed E-state index contributed by atoms with van der Waals surface area (Å²) >= 11 is 5.07. The predicted molar refractivity (Wildman–Crippen MR) is 53.4 cm³/mol. The van der Waals surface area contributed by atoms with E-state index >= 15 is 0 Å². The fourth-order valence-electron chi connectivity index (χ4n) is 1.53. The Morgan fingerprint density at radius 3 is 2.92 bits per heavy atom. The van der Waals surface area contributed by atoms with Gasteiger partial charge in [-0.3, -0.25) is 0 Å². The molecule has 74 valence electrons. The maximum absolute atomic E-state index is 11.3. The average Bonchev–Trinajstić information content (AvgIpc) is 2.63. The standard InChI is InChI=1S/C8H14N2O2S/c1-9-8(13)10-5-3-4-6(10)7(11)12-2/h6H,3-5H2,1-2H3,(H,9,13). The normalized spacial score (nSPS) is 21.4.